The number of carboxylic acids is 1. The van der Waals surface area contributed by atoms with Gasteiger partial charge in [-0.3, -0.25) is 4.79 Å². The van der Waals surface area contributed by atoms with E-state index in [2.05, 4.69) is 0 Å². The van der Waals surface area contributed by atoms with E-state index in [1.54, 1.807) is 18.2 Å². The van der Waals surface area contributed by atoms with Crippen LogP contribution in [0.3, 0.4) is 0 Å². The van der Waals surface area contributed by atoms with Gasteiger partial charge in [0, 0.05) is 32.5 Å². The van der Waals surface area contributed by atoms with Gasteiger partial charge in [-0.05, 0) is 25.0 Å². The Kier molecular flexibility index (Phi) is 5.05. The molecule has 3 rings (SSSR count). The Balaban J connectivity index is 1.75. The fourth-order valence-corrected chi connectivity index (χ4v) is 5.20. The van der Waals surface area contributed by atoms with Crippen LogP contribution in [0.25, 0.3) is 0 Å². The molecule has 0 aliphatic carbocycles. The largest absolute Gasteiger partial charge is 0.479 e. The van der Waals surface area contributed by atoms with Crippen molar-refractivity contribution in [2.45, 2.75) is 42.2 Å². The van der Waals surface area contributed by atoms with E-state index in [0.29, 0.717) is 12.8 Å². The molecule has 1 atom stereocenters. The van der Waals surface area contributed by atoms with Crippen LogP contribution in [0.1, 0.15) is 25.7 Å². The van der Waals surface area contributed by atoms with Crippen molar-refractivity contribution in [3.8, 4) is 0 Å². The first-order valence-electron chi connectivity index (χ1n) is 8.57. The Morgan fingerprint density at radius 1 is 1.08 bits per heavy atom. The van der Waals surface area contributed by atoms with Gasteiger partial charge in [0.2, 0.25) is 15.9 Å². The molecule has 0 saturated carbocycles. The number of likely N-dealkylation sites (tertiary alicyclic amines) is 1. The molecule has 8 nitrogen and oxygen atoms in total. The van der Waals surface area contributed by atoms with Crippen molar-refractivity contribution in [1.82, 2.24) is 9.21 Å². The van der Waals surface area contributed by atoms with E-state index >= 15 is 0 Å². The summed E-state index contributed by atoms with van der Waals surface area (Å²) in [7, 11) is -3.77. The molecule has 9 heteroatoms. The monoisotopic (exact) mass is 382 g/mol. The predicted molar refractivity (Wildman–Crippen MR) is 91.8 cm³/mol. The van der Waals surface area contributed by atoms with Gasteiger partial charge in [-0.1, -0.05) is 18.2 Å². The maximum absolute atomic E-state index is 12.9. The number of amides is 1. The Hall–Kier alpha value is -1.97. The van der Waals surface area contributed by atoms with Gasteiger partial charge < -0.3 is 15.1 Å². The molecule has 2 saturated heterocycles. The summed E-state index contributed by atoms with van der Waals surface area (Å²) in [5.41, 5.74) is -1.82. The zero-order valence-corrected chi connectivity index (χ0v) is 15.1. The summed E-state index contributed by atoms with van der Waals surface area (Å²) in [4.78, 5) is 25.6. The third-order valence-electron chi connectivity index (χ3n) is 5.14. The number of benzene rings is 1. The number of piperidine rings is 1. The fraction of sp³-hybridized carbons (Fsp3) is 0.529. The third-order valence-corrected chi connectivity index (χ3v) is 7.06. The molecule has 2 fully saturated rings. The van der Waals surface area contributed by atoms with Crippen molar-refractivity contribution in [3.63, 3.8) is 0 Å². The number of carboxylic acid groups (broad SMARTS) is 1. The molecule has 2 aliphatic rings. The van der Waals surface area contributed by atoms with Crippen LogP contribution in [0.5, 0.6) is 0 Å². The maximum Gasteiger partial charge on any atom is 0.335 e. The lowest BCUT2D eigenvalue weighted by Gasteiger charge is -2.37. The first-order valence-corrected chi connectivity index (χ1v) is 10.0. The third kappa shape index (κ3) is 3.34. The summed E-state index contributed by atoms with van der Waals surface area (Å²) in [6.45, 7) is 0.468. The van der Waals surface area contributed by atoms with Gasteiger partial charge in [0.05, 0.1) is 4.90 Å². The van der Waals surface area contributed by atoms with Crippen molar-refractivity contribution >= 4 is 21.9 Å². The normalized spacial score (nSPS) is 23.7. The van der Waals surface area contributed by atoms with Crippen LogP contribution in [0.2, 0.25) is 0 Å². The van der Waals surface area contributed by atoms with E-state index in [0.717, 1.165) is 0 Å². The molecular weight excluding hydrogens is 360 g/mol. The van der Waals surface area contributed by atoms with E-state index in [1.807, 2.05) is 0 Å². The van der Waals surface area contributed by atoms with Gasteiger partial charge in [-0.15, -0.1) is 0 Å². The van der Waals surface area contributed by atoms with Gasteiger partial charge in [0.25, 0.3) is 0 Å². The lowest BCUT2D eigenvalue weighted by atomic mass is 9.91. The average molecular weight is 382 g/mol. The van der Waals surface area contributed by atoms with E-state index in [-0.39, 0.29) is 43.3 Å². The van der Waals surface area contributed by atoms with Crippen LogP contribution in [0.4, 0.5) is 0 Å². The Morgan fingerprint density at radius 2 is 1.69 bits per heavy atom. The van der Waals surface area contributed by atoms with Crippen LogP contribution in [-0.2, 0) is 19.6 Å². The quantitative estimate of drug-likeness (QED) is 0.773. The minimum Gasteiger partial charge on any atom is -0.479 e. The molecule has 1 aromatic rings. The SMILES string of the molecule is O=C(C1CCCN1S(=O)(=O)c1ccccc1)N1CCC(O)(C(=O)O)CC1. The van der Waals surface area contributed by atoms with Gasteiger partial charge >= 0.3 is 5.97 Å². The lowest BCUT2D eigenvalue weighted by Crippen LogP contribution is -2.54. The van der Waals surface area contributed by atoms with Gasteiger partial charge in [-0.2, -0.15) is 4.31 Å². The summed E-state index contributed by atoms with van der Waals surface area (Å²) in [6, 6.07) is 7.22. The second-order valence-electron chi connectivity index (χ2n) is 6.75. The number of carbonyl (C=O) groups excluding carboxylic acids is 1. The zero-order chi connectivity index (χ0) is 18.9. The minimum atomic E-state index is -3.77. The van der Waals surface area contributed by atoms with E-state index in [1.165, 1.54) is 21.3 Å². The zero-order valence-electron chi connectivity index (χ0n) is 14.2. The van der Waals surface area contributed by atoms with Crippen LogP contribution >= 0.6 is 0 Å². The summed E-state index contributed by atoms with van der Waals surface area (Å²) in [6.07, 6.45) is 0.901. The lowest BCUT2D eigenvalue weighted by molar-refractivity contribution is -0.165. The Bertz CT molecular complexity index is 787. The molecule has 0 aromatic heterocycles. The molecule has 1 aromatic carbocycles. The maximum atomic E-state index is 12.9. The van der Waals surface area contributed by atoms with Crippen molar-refractivity contribution < 1.29 is 28.2 Å². The summed E-state index contributed by atoms with van der Waals surface area (Å²) in [5.74, 6) is -1.62. The van der Waals surface area contributed by atoms with Crippen LogP contribution in [-0.4, -0.2) is 71.0 Å². The highest BCUT2D eigenvalue weighted by Crippen LogP contribution is 2.29. The van der Waals surface area contributed by atoms with Gasteiger partial charge in [-0.25, -0.2) is 13.2 Å². The summed E-state index contributed by atoms with van der Waals surface area (Å²) in [5, 5.41) is 19.1. The van der Waals surface area contributed by atoms with E-state index in [9.17, 15) is 23.1 Å². The second-order valence-corrected chi connectivity index (χ2v) is 8.64. The predicted octanol–water partition coefficient (Wildman–Crippen LogP) is 0.278. The van der Waals surface area contributed by atoms with Crippen LogP contribution in [0, 0.1) is 0 Å². The molecule has 2 heterocycles. The number of carbonyl (C=O) groups is 2. The summed E-state index contributed by atoms with van der Waals surface area (Å²) >= 11 is 0. The molecule has 0 bridgehead atoms. The molecular formula is C17H22N2O6S. The average Bonchev–Trinajstić information content (AvgIpc) is 3.13. The highest BCUT2D eigenvalue weighted by molar-refractivity contribution is 7.89. The molecule has 1 amide bonds. The Labute approximate surface area is 152 Å². The standard InChI is InChI=1S/C17H22N2O6S/c20-15(18-11-8-17(23,9-12-18)16(21)22)14-7-4-10-19(14)26(24,25)13-5-2-1-3-6-13/h1-3,5-6,14,23H,4,7-12H2,(H,21,22). The highest BCUT2D eigenvalue weighted by Gasteiger charge is 2.45. The number of hydrogen-bond donors (Lipinski definition) is 2. The molecule has 26 heavy (non-hydrogen) atoms. The first kappa shape index (κ1) is 18.8. The molecule has 142 valence electrons. The number of nitrogens with zero attached hydrogens (tertiary/aromatic N) is 2. The number of hydrogen-bond acceptors (Lipinski definition) is 5. The fourth-order valence-electron chi connectivity index (χ4n) is 3.52. The topological polar surface area (TPSA) is 115 Å². The van der Waals surface area contributed by atoms with Crippen LogP contribution < -0.4 is 0 Å². The number of aliphatic carboxylic acids is 1. The van der Waals surface area contributed by atoms with Crippen LogP contribution in [0.15, 0.2) is 35.2 Å². The van der Waals surface area contributed by atoms with Gasteiger partial charge in [0.15, 0.2) is 5.60 Å². The molecule has 1 unspecified atom stereocenters. The van der Waals surface area contributed by atoms with Crippen molar-refractivity contribution in [2.24, 2.45) is 0 Å². The summed E-state index contributed by atoms with van der Waals surface area (Å²) < 4.78 is 27.0. The minimum absolute atomic E-state index is 0.0633. The molecule has 2 aliphatic heterocycles. The van der Waals surface area contributed by atoms with Crippen molar-refractivity contribution in [1.29, 1.82) is 0 Å². The second kappa shape index (κ2) is 6.98. The number of sulfonamides is 1. The number of aliphatic hydroxyl groups is 1. The van der Waals surface area contributed by atoms with E-state index < -0.39 is 27.6 Å². The first-order chi connectivity index (χ1) is 12.3. The molecule has 0 radical (unpaired) electrons. The molecule has 0 spiro atoms. The van der Waals surface area contributed by atoms with Crippen molar-refractivity contribution in [2.75, 3.05) is 19.6 Å². The van der Waals surface area contributed by atoms with E-state index in [4.69, 9.17) is 5.11 Å². The Morgan fingerprint density at radius 3 is 2.27 bits per heavy atom. The highest BCUT2D eigenvalue weighted by atomic mass is 32.2. The number of rotatable bonds is 4. The van der Waals surface area contributed by atoms with Crippen molar-refractivity contribution in [3.05, 3.63) is 30.3 Å². The van der Waals surface area contributed by atoms with Gasteiger partial charge in [0.1, 0.15) is 6.04 Å². The molecule has 2 N–H and O–H groups in total. The smallest absolute Gasteiger partial charge is 0.335 e.